The summed E-state index contributed by atoms with van der Waals surface area (Å²) in [6, 6.07) is 22.5. The van der Waals surface area contributed by atoms with Crippen LogP contribution in [0.2, 0.25) is 5.02 Å². The van der Waals surface area contributed by atoms with E-state index in [2.05, 4.69) is 66.8 Å². The lowest BCUT2D eigenvalue weighted by Crippen LogP contribution is -2.31. The normalized spacial score (nSPS) is 20.8. The first-order valence-corrected chi connectivity index (χ1v) is 13.1. The number of hydrazone groups is 1. The molecule has 1 aliphatic rings. The quantitative estimate of drug-likeness (QED) is 0.264. The monoisotopic (exact) mass is 495 g/mol. The summed E-state index contributed by atoms with van der Waals surface area (Å²) in [4.78, 5) is 5.01. The summed E-state index contributed by atoms with van der Waals surface area (Å²) in [7, 11) is -3.82. The lowest BCUT2D eigenvalue weighted by Gasteiger charge is -2.23. The Morgan fingerprint density at radius 3 is 1.94 bits per heavy atom. The molecule has 34 heavy (non-hydrogen) atoms. The van der Waals surface area contributed by atoms with Gasteiger partial charge in [0, 0.05) is 10.6 Å². The first-order valence-electron chi connectivity index (χ1n) is 11.2. The minimum Gasteiger partial charge on any atom is -0.279 e. The van der Waals surface area contributed by atoms with Crippen LogP contribution in [0.1, 0.15) is 49.1 Å². The average molecular weight is 496 g/mol. The van der Waals surface area contributed by atoms with E-state index in [-0.39, 0.29) is 22.5 Å². The van der Waals surface area contributed by atoms with Gasteiger partial charge in [-0.15, -0.1) is 0 Å². The summed E-state index contributed by atoms with van der Waals surface area (Å²) >= 11 is 6.13. The van der Waals surface area contributed by atoms with Crippen LogP contribution in [0.5, 0.6) is 0 Å². The molecule has 178 valence electrons. The lowest BCUT2D eigenvalue weighted by molar-refractivity contribution is 0.280. The lowest BCUT2D eigenvalue weighted by atomic mass is 10.0. The molecule has 3 aromatic rings. The van der Waals surface area contributed by atoms with Crippen LogP contribution in [0, 0.1) is 13.8 Å². The molecule has 1 aliphatic heterocycles. The molecule has 0 aliphatic carbocycles. The second-order valence-corrected chi connectivity index (χ2v) is 11.9. The van der Waals surface area contributed by atoms with Crippen LogP contribution >= 0.6 is 11.6 Å². The minimum atomic E-state index is -3.82. The van der Waals surface area contributed by atoms with Gasteiger partial charge in [-0.3, -0.25) is 4.90 Å². The Hall–Kier alpha value is -2.67. The van der Waals surface area contributed by atoms with Crippen molar-refractivity contribution in [1.82, 2.24) is 9.73 Å². The fraction of sp³-hybridized carbons (Fsp3) is 0.296. The topological polar surface area (TPSA) is 61.5 Å². The molecule has 3 aromatic carbocycles. The van der Waals surface area contributed by atoms with E-state index in [0.29, 0.717) is 10.7 Å². The average Bonchev–Trinajstić information content (AvgIpc) is 3.52. The first-order chi connectivity index (χ1) is 16.0. The van der Waals surface area contributed by atoms with E-state index >= 15 is 0 Å². The molecule has 4 rings (SSSR count). The number of halogens is 1. The molecule has 7 heteroatoms. The zero-order chi connectivity index (χ0) is 24.7. The van der Waals surface area contributed by atoms with Crippen molar-refractivity contribution in [3.05, 3.63) is 100 Å². The van der Waals surface area contributed by atoms with Gasteiger partial charge in [-0.25, -0.2) is 0 Å². The number of hydrogen-bond donors (Lipinski definition) is 1. The van der Waals surface area contributed by atoms with Crippen LogP contribution in [-0.2, 0) is 10.0 Å². The summed E-state index contributed by atoms with van der Waals surface area (Å²) in [5, 5.41) is 5.12. The van der Waals surface area contributed by atoms with Gasteiger partial charge in [0.15, 0.2) is 0 Å². The largest absolute Gasteiger partial charge is 0.279 e. The highest BCUT2D eigenvalue weighted by atomic mass is 35.5. The number of sulfonamides is 1. The van der Waals surface area contributed by atoms with Crippen molar-refractivity contribution in [3.8, 4) is 0 Å². The third-order valence-electron chi connectivity index (χ3n) is 6.04. The van der Waals surface area contributed by atoms with Crippen molar-refractivity contribution >= 4 is 27.3 Å². The zero-order valence-electron chi connectivity index (χ0n) is 20.1. The number of aryl methyl sites for hydroxylation is 2. The van der Waals surface area contributed by atoms with Crippen LogP contribution in [0.3, 0.4) is 0 Å². The summed E-state index contributed by atoms with van der Waals surface area (Å²) in [5.74, 6) is 0. The predicted octanol–water partition coefficient (Wildman–Crippen LogP) is 5.86. The Morgan fingerprint density at radius 1 is 0.882 bits per heavy atom. The molecule has 1 saturated heterocycles. The van der Waals surface area contributed by atoms with Gasteiger partial charge in [0.1, 0.15) is 0 Å². The second-order valence-electron chi connectivity index (χ2n) is 9.79. The van der Waals surface area contributed by atoms with E-state index in [1.165, 1.54) is 11.1 Å². The van der Waals surface area contributed by atoms with Crippen molar-refractivity contribution in [3.63, 3.8) is 0 Å². The molecule has 0 bridgehead atoms. The Bertz CT molecular complexity index is 1290. The van der Waals surface area contributed by atoms with Gasteiger partial charge in [-0.05, 0) is 70.0 Å². The number of hydrogen-bond acceptors (Lipinski definition) is 4. The van der Waals surface area contributed by atoms with Gasteiger partial charge in [-0.2, -0.15) is 18.4 Å². The predicted molar refractivity (Wildman–Crippen MR) is 139 cm³/mol. The first kappa shape index (κ1) is 24.5. The van der Waals surface area contributed by atoms with Crippen LogP contribution in [-0.4, -0.2) is 30.6 Å². The number of nitrogens with zero attached hydrogens (tertiary/aromatic N) is 2. The molecule has 5 nitrogen and oxygen atoms in total. The molecule has 1 unspecified atom stereocenters. The van der Waals surface area contributed by atoms with E-state index in [9.17, 15) is 8.42 Å². The maximum absolute atomic E-state index is 13.0. The summed E-state index contributed by atoms with van der Waals surface area (Å²) in [6.45, 7) is 10.5. The Morgan fingerprint density at radius 2 is 1.41 bits per heavy atom. The van der Waals surface area contributed by atoms with Gasteiger partial charge in [0.25, 0.3) is 10.0 Å². The summed E-state index contributed by atoms with van der Waals surface area (Å²) in [6.07, 6.45) is 0. The van der Waals surface area contributed by atoms with Crippen LogP contribution in [0.25, 0.3) is 0 Å². The third-order valence-corrected chi connectivity index (χ3v) is 7.52. The molecular weight excluding hydrogens is 466 g/mol. The van der Waals surface area contributed by atoms with Crippen molar-refractivity contribution in [1.29, 1.82) is 0 Å². The third kappa shape index (κ3) is 5.19. The maximum Gasteiger partial charge on any atom is 0.276 e. The summed E-state index contributed by atoms with van der Waals surface area (Å²) in [5.41, 5.74) is 4.69. The minimum absolute atomic E-state index is 0.0823. The molecule has 0 radical (unpaired) electrons. The maximum atomic E-state index is 13.0. The molecular formula is C27H30ClN3O2S. The number of rotatable bonds is 6. The Labute approximate surface area is 207 Å². The van der Waals surface area contributed by atoms with Crippen LogP contribution in [0.4, 0.5) is 0 Å². The molecule has 0 amide bonds. The molecule has 0 aromatic heterocycles. The van der Waals surface area contributed by atoms with Gasteiger partial charge in [0.2, 0.25) is 0 Å². The Balaban J connectivity index is 1.75. The SMILES string of the molecule is Cc1ccc([C@H]2[C@@H](/C(=N\NS(=O)(=O)c3ccc(C)cc3)c3ccc(Cl)cc3)N2C(C)(C)C)cc1. The molecule has 3 atom stereocenters. The zero-order valence-corrected chi connectivity index (χ0v) is 21.7. The Kier molecular flexibility index (Phi) is 6.60. The van der Waals surface area contributed by atoms with Crippen molar-refractivity contribution in [2.75, 3.05) is 0 Å². The van der Waals surface area contributed by atoms with Gasteiger partial charge >= 0.3 is 0 Å². The standard InChI is InChI=1S/C27H30ClN3O2S/c1-18-6-10-21(11-7-18)25-26(31(25)27(3,4)5)24(20-12-14-22(28)15-13-20)29-30-34(32,33)23-16-8-19(2)9-17-23/h6-17,25-26,30H,1-5H3/b29-24-/t25-,26+,31?/m0/s1. The van der Waals surface area contributed by atoms with Crippen LogP contribution in [0.15, 0.2) is 82.8 Å². The van der Waals surface area contributed by atoms with E-state index in [1.807, 2.05) is 19.1 Å². The molecule has 1 fully saturated rings. The number of nitrogens with one attached hydrogen (secondary N) is 1. The molecule has 1 N–H and O–H groups in total. The van der Waals surface area contributed by atoms with Gasteiger partial charge in [-0.1, -0.05) is 71.3 Å². The molecule has 1 heterocycles. The number of benzene rings is 3. The highest BCUT2D eigenvalue weighted by molar-refractivity contribution is 7.89. The van der Waals surface area contributed by atoms with Crippen molar-refractivity contribution < 1.29 is 8.42 Å². The van der Waals surface area contributed by atoms with Gasteiger partial charge in [0.05, 0.1) is 22.7 Å². The summed E-state index contributed by atoms with van der Waals surface area (Å²) < 4.78 is 26.0. The highest BCUT2D eigenvalue weighted by Gasteiger charge is 2.56. The van der Waals surface area contributed by atoms with E-state index < -0.39 is 10.0 Å². The van der Waals surface area contributed by atoms with Gasteiger partial charge < -0.3 is 0 Å². The smallest absolute Gasteiger partial charge is 0.276 e. The fourth-order valence-corrected chi connectivity index (χ4v) is 5.20. The van der Waals surface area contributed by atoms with Crippen LogP contribution < -0.4 is 4.83 Å². The molecule has 0 spiro atoms. The second kappa shape index (κ2) is 9.17. The highest BCUT2D eigenvalue weighted by Crippen LogP contribution is 2.50. The van der Waals surface area contributed by atoms with E-state index in [0.717, 1.165) is 11.1 Å². The van der Waals surface area contributed by atoms with E-state index in [4.69, 9.17) is 11.6 Å². The van der Waals surface area contributed by atoms with Crippen molar-refractivity contribution in [2.24, 2.45) is 5.10 Å². The molecule has 0 saturated carbocycles. The van der Waals surface area contributed by atoms with Crippen molar-refractivity contribution in [2.45, 2.75) is 57.1 Å². The fourth-order valence-electron chi connectivity index (χ4n) is 4.26. The van der Waals surface area contributed by atoms with E-state index in [1.54, 1.807) is 36.4 Å².